The second-order valence-electron chi connectivity index (χ2n) is 5.81. The van der Waals surface area contributed by atoms with Gasteiger partial charge in [0.25, 0.3) is 0 Å². The van der Waals surface area contributed by atoms with E-state index in [9.17, 15) is 24.2 Å². The van der Waals surface area contributed by atoms with Crippen LogP contribution >= 0.6 is 0 Å². The minimum atomic E-state index is -1.41. The van der Waals surface area contributed by atoms with Gasteiger partial charge in [0, 0.05) is 0 Å². The Labute approximate surface area is 143 Å². The molecule has 10 heteroatoms. The maximum atomic E-state index is 14.1. The predicted octanol–water partition coefficient (Wildman–Crippen LogP) is 0.760. The Bertz CT molecular complexity index is 667. The number of carbonyl (C=O) groups excluding carboxylic acids is 1. The van der Waals surface area contributed by atoms with Gasteiger partial charge in [-0.1, -0.05) is 19.8 Å². The first-order chi connectivity index (χ1) is 11.8. The number of carbonyl (C=O) groups is 1. The van der Waals surface area contributed by atoms with Gasteiger partial charge in [-0.3, -0.25) is 9.88 Å². The highest BCUT2D eigenvalue weighted by Gasteiger charge is 2.42. The van der Waals surface area contributed by atoms with Gasteiger partial charge in [0.05, 0.1) is 18.9 Å². The lowest BCUT2D eigenvalue weighted by Gasteiger charge is -2.17. The van der Waals surface area contributed by atoms with Crippen molar-refractivity contribution in [2.45, 2.75) is 57.6 Å². The van der Waals surface area contributed by atoms with Crippen LogP contribution in [0.2, 0.25) is 0 Å². The molecule has 1 aromatic heterocycles. The van der Waals surface area contributed by atoms with E-state index in [0.717, 1.165) is 23.6 Å². The molecule has 1 amide bonds. The molecule has 2 heterocycles. The van der Waals surface area contributed by atoms with E-state index in [1.165, 1.54) is 6.92 Å². The number of unbranched alkanes of at least 4 members (excludes halogenated alkanes) is 2. The maximum Gasteiger partial charge on any atom is 0.412 e. The topological polar surface area (TPSA) is 123 Å². The van der Waals surface area contributed by atoms with Gasteiger partial charge < -0.3 is 19.7 Å². The van der Waals surface area contributed by atoms with Crippen LogP contribution in [0.5, 0.6) is 0 Å². The fourth-order valence-corrected chi connectivity index (χ4v) is 2.42. The van der Waals surface area contributed by atoms with Crippen molar-refractivity contribution in [2.75, 3.05) is 11.9 Å². The van der Waals surface area contributed by atoms with Crippen LogP contribution in [0.15, 0.2) is 11.0 Å². The Balaban J connectivity index is 2.07. The summed E-state index contributed by atoms with van der Waals surface area (Å²) in [5.74, 6) is -1.59. The average molecular weight is 359 g/mol. The quantitative estimate of drug-likeness (QED) is 0.641. The third-order valence-electron chi connectivity index (χ3n) is 3.86. The van der Waals surface area contributed by atoms with Crippen LogP contribution in [0.4, 0.5) is 15.0 Å². The summed E-state index contributed by atoms with van der Waals surface area (Å²) in [6, 6.07) is 0. The van der Waals surface area contributed by atoms with Crippen molar-refractivity contribution in [2.24, 2.45) is 0 Å². The van der Waals surface area contributed by atoms with Crippen LogP contribution in [0.1, 0.15) is 39.3 Å². The summed E-state index contributed by atoms with van der Waals surface area (Å²) in [6.45, 7) is 3.68. The first-order valence-electron chi connectivity index (χ1n) is 8.09. The summed E-state index contributed by atoms with van der Waals surface area (Å²) in [4.78, 5) is 27.0. The van der Waals surface area contributed by atoms with Crippen molar-refractivity contribution in [1.29, 1.82) is 0 Å². The molecule has 2 rings (SSSR count). The van der Waals surface area contributed by atoms with Gasteiger partial charge in [-0.15, -0.1) is 0 Å². The number of aliphatic hydroxyl groups is 2. The van der Waals surface area contributed by atoms with Gasteiger partial charge in [-0.2, -0.15) is 4.98 Å². The third kappa shape index (κ3) is 4.53. The van der Waals surface area contributed by atoms with Crippen LogP contribution in [0.25, 0.3) is 0 Å². The highest BCUT2D eigenvalue weighted by molar-refractivity contribution is 5.83. The number of nitrogens with zero attached hydrogens (tertiary/aromatic N) is 2. The van der Waals surface area contributed by atoms with E-state index in [-0.39, 0.29) is 6.61 Å². The minimum Gasteiger partial charge on any atom is -0.449 e. The molecule has 1 aliphatic rings. The molecule has 0 bridgehead atoms. The second kappa shape index (κ2) is 8.37. The van der Waals surface area contributed by atoms with E-state index >= 15 is 0 Å². The van der Waals surface area contributed by atoms with E-state index in [2.05, 4.69) is 10.3 Å². The molecule has 1 saturated heterocycles. The average Bonchev–Trinajstić information content (AvgIpc) is 2.82. The van der Waals surface area contributed by atoms with Crippen molar-refractivity contribution >= 4 is 11.9 Å². The second-order valence-corrected chi connectivity index (χ2v) is 5.81. The molecule has 1 aliphatic heterocycles. The lowest BCUT2D eigenvalue weighted by atomic mass is 10.1. The van der Waals surface area contributed by atoms with E-state index in [1.54, 1.807) is 0 Å². The van der Waals surface area contributed by atoms with Crippen LogP contribution in [0.3, 0.4) is 0 Å². The molecule has 25 heavy (non-hydrogen) atoms. The highest BCUT2D eigenvalue weighted by Crippen LogP contribution is 2.28. The molecule has 9 nitrogen and oxygen atoms in total. The standard InChI is InChI=1S/C15H22FN3O6/c1-3-4-5-6-24-15(23)18-12-9(16)7-19(14(22)17-12)13-11(21)10(20)8(2)25-13/h7-8,10-11,13,20-21H,3-6H2,1-2H3,(H,17,18,22,23)/t8-,10+,11-,13-/m1/s1. The zero-order valence-electron chi connectivity index (χ0n) is 14.0. The number of amides is 1. The van der Waals surface area contributed by atoms with Gasteiger partial charge in [0.1, 0.15) is 12.2 Å². The Kier molecular flexibility index (Phi) is 6.45. The van der Waals surface area contributed by atoms with E-state index in [1.807, 2.05) is 6.92 Å². The molecule has 0 spiro atoms. The number of nitrogens with one attached hydrogen (secondary N) is 1. The molecule has 0 radical (unpaired) electrons. The highest BCUT2D eigenvalue weighted by atomic mass is 19.1. The molecule has 140 valence electrons. The van der Waals surface area contributed by atoms with Crippen LogP contribution < -0.4 is 11.0 Å². The zero-order valence-corrected chi connectivity index (χ0v) is 14.0. The molecule has 1 aromatic rings. The zero-order chi connectivity index (χ0) is 18.6. The van der Waals surface area contributed by atoms with Crippen molar-refractivity contribution in [3.8, 4) is 0 Å². The van der Waals surface area contributed by atoms with E-state index in [0.29, 0.717) is 6.42 Å². The largest absolute Gasteiger partial charge is 0.449 e. The Hall–Kier alpha value is -2.04. The first-order valence-corrected chi connectivity index (χ1v) is 8.09. The molecule has 0 unspecified atom stereocenters. The number of halogens is 1. The summed E-state index contributed by atoms with van der Waals surface area (Å²) in [5, 5.41) is 21.6. The summed E-state index contributed by atoms with van der Waals surface area (Å²) in [7, 11) is 0. The van der Waals surface area contributed by atoms with E-state index in [4.69, 9.17) is 9.47 Å². The first kappa shape index (κ1) is 19.3. The number of aromatic nitrogens is 2. The Morgan fingerprint density at radius 3 is 2.76 bits per heavy atom. The van der Waals surface area contributed by atoms with Crippen molar-refractivity contribution in [3.63, 3.8) is 0 Å². The fourth-order valence-electron chi connectivity index (χ4n) is 2.42. The molecular formula is C15H22FN3O6. The Morgan fingerprint density at radius 2 is 2.16 bits per heavy atom. The minimum absolute atomic E-state index is 0.177. The van der Waals surface area contributed by atoms with Crippen LogP contribution in [-0.4, -0.2) is 50.8 Å². The molecule has 4 atom stereocenters. The van der Waals surface area contributed by atoms with Crippen molar-refractivity contribution < 1.29 is 28.9 Å². The molecule has 1 fully saturated rings. The van der Waals surface area contributed by atoms with Crippen LogP contribution in [-0.2, 0) is 9.47 Å². The molecule has 0 aliphatic carbocycles. The van der Waals surface area contributed by atoms with Gasteiger partial charge in [0.15, 0.2) is 17.9 Å². The van der Waals surface area contributed by atoms with Gasteiger partial charge in [0.2, 0.25) is 0 Å². The van der Waals surface area contributed by atoms with Gasteiger partial charge >= 0.3 is 11.8 Å². The lowest BCUT2D eigenvalue weighted by molar-refractivity contribution is -0.0355. The lowest BCUT2D eigenvalue weighted by Crippen LogP contribution is -2.36. The molecular weight excluding hydrogens is 337 g/mol. The number of ether oxygens (including phenoxy) is 2. The summed E-state index contributed by atoms with van der Waals surface area (Å²) in [6.07, 6.45) is -2.25. The third-order valence-corrected chi connectivity index (χ3v) is 3.86. The van der Waals surface area contributed by atoms with E-state index < -0.39 is 48.0 Å². The molecule has 0 aromatic carbocycles. The van der Waals surface area contributed by atoms with Gasteiger partial charge in [-0.25, -0.2) is 14.0 Å². The summed E-state index contributed by atoms with van der Waals surface area (Å²) >= 11 is 0. The van der Waals surface area contributed by atoms with Crippen molar-refractivity contribution in [3.05, 3.63) is 22.5 Å². The smallest absolute Gasteiger partial charge is 0.412 e. The van der Waals surface area contributed by atoms with Crippen molar-refractivity contribution in [1.82, 2.24) is 9.55 Å². The summed E-state index contributed by atoms with van der Waals surface area (Å²) < 4.78 is 24.9. The number of rotatable bonds is 6. The molecule has 3 N–H and O–H groups in total. The van der Waals surface area contributed by atoms with Gasteiger partial charge in [-0.05, 0) is 13.3 Å². The number of hydrogen-bond acceptors (Lipinski definition) is 7. The maximum absolute atomic E-state index is 14.1. The Morgan fingerprint density at radius 1 is 1.44 bits per heavy atom. The SMILES string of the molecule is CCCCCOC(=O)Nc1nc(=O)n([C@@H]2O[C@H](C)[C@H](O)[C@H]2O)cc1F. The molecule has 0 saturated carbocycles. The number of aliphatic hydroxyl groups excluding tert-OH is 2. The normalized spacial score (nSPS) is 25.8. The monoisotopic (exact) mass is 359 g/mol. The predicted molar refractivity (Wildman–Crippen MR) is 84.5 cm³/mol. The fraction of sp³-hybridized carbons (Fsp3) is 0.667. The number of anilines is 1. The van der Waals surface area contributed by atoms with Crippen LogP contribution in [0, 0.1) is 5.82 Å². The number of hydrogen-bond donors (Lipinski definition) is 3. The summed E-state index contributed by atoms with van der Waals surface area (Å²) in [5.41, 5.74) is -0.951.